The Labute approximate surface area is 468 Å². The molecule has 15 aromatic rings. The molecule has 0 aliphatic carbocycles. The molecule has 0 saturated carbocycles. The third-order valence-corrected chi connectivity index (χ3v) is 19.3. The summed E-state index contributed by atoms with van der Waals surface area (Å²) in [6.45, 7) is 0. The van der Waals surface area contributed by atoms with Gasteiger partial charge in [0.2, 0.25) is 0 Å². The van der Waals surface area contributed by atoms with Crippen molar-refractivity contribution in [1.29, 1.82) is 0 Å². The average molecular weight is 1060 g/mol. The van der Waals surface area contributed by atoms with E-state index in [0.717, 1.165) is 89.0 Å². The Balaban J connectivity index is 1.01. The number of hydrogen-bond acceptors (Lipinski definition) is 8. The number of rotatable bonds is 6. The van der Waals surface area contributed by atoms with Gasteiger partial charge in [-0.1, -0.05) is 146 Å². The van der Waals surface area contributed by atoms with Crippen LogP contribution in [0.3, 0.4) is 0 Å². The highest BCUT2D eigenvalue weighted by Gasteiger charge is 2.50. The highest BCUT2D eigenvalue weighted by molar-refractivity contribution is 7.26. The van der Waals surface area contributed by atoms with Gasteiger partial charge in [-0.2, -0.15) is 0 Å². The average Bonchev–Trinajstić information content (AvgIpc) is 2.68. The molecule has 6 aromatic heterocycles. The molecule has 2 aliphatic heterocycles. The van der Waals surface area contributed by atoms with E-state index >= 15 is 0 Å². The van der Waals surface area contributed by atoms with Gasteiger partial charge in [-0.25, -0.2) is 0 Å². The molecule has 17 rings (SSSR count). The number of para-hydroxylation sites is 2. The van der Waals surface area contributed by atoms with E-state index in [9.17, 15) is 0 Å². The van der Waals surface area contributed by atoms with E-state index in [-0.39, 0.29) is 0 Å². The highest BCUT2D eigenvalue weighted by Crippen LogP contribution is 2.64. The maximum atomic E-state index is 4.85. The second-order valence-electron chi connectivity index (χ2n) is 20.9. The number of anilines is 6. The van der Waals surface area contributed by atoms with E-state index in [2.05, 4.69) is 253 Å². The first-order valence-corrected chi connectivity index (χ1v) is 28.6. The van der Waals surface area contributed by atoms with Crippen LogP contribution in [0.25, 0.3) is 61.9 Å². The minimum Gasteiger partial charge on any atom is -0.309 e. The quantitative estimate of drug-likeness (QED) is 0.155. The lowest BCUT2D eigenvalue weighted by molar-refractivity contribution is 0.724. The molecule has 0 amide bonds. The first kappa shape index (κ1) is 45.2. The zero-order valence-electron chi connectivity index (χ0n) is 42.9. The SMILES string of the molecule is c1cncc(C2(c3cccnc3)c3ccccc3N(c3c4ccccc4c(N4c5ccccc5C(c5cccnc5)(c5cccnc5)c5cc6c(cc54)sc4ccccc46)c4ccccc34)c3cc4sc5ccccc5c4cc32)c1. The topological polar surface area (TPSA) is 58.0 Å². The normalized spacial score (nSPS) is 14.2. The molecule has 374 valence electrons. The van der Waals surface area contributed by atoms with Crippen LogP contribution in [-0.4, -0.2) is 19.9 Å². The molecule has 0 radical (unpaired) electrons. The van der Waals surface area contributed by atoms with Crippen LogP contribution in [0.2, 0.25) is 0 Å². The van der Waals surface area contributed by atoms with Crippen LogP contribution in [0.4, 0.5) is 34.1 Å². The van der Waals surface area contributed by atoms with Crippen molar-refractivity contribution in [3.63, 3.8) is 0 Å². The molecule has 8 heterocycles. The Morgan fingerprint density at radius 3 is 0.938 bits per heavy atom. The molecule has 0 atom stereocenters. The van der Waals surface area contributed by atoms with Crippen molar-refractivity contribution in [2.45, 2.75) is 10.8 Å². The Hall–Kier alpha value is -9.86. The van der Waals surface area contributed by atoms with Gasteiger partial charge in [-0.05, 0) is 117 Å². The van der Waals surface area contributed by atoms with Crippen molar-refractivity contribution in [2.24, 2.45) is 0 Å². The highest BCUT2D eigenvalue weighted by atomic mass is 32.1. The van der Waals surface area contributed by atoms with Crippen LogP contribution in [0.15, 0.2) is 268 Å². The fourth-order valence-corrected chi connectivity index (χ4v) is 16.2. The van der Waals surface area contributed by atoms with E-state index in [0.29, 0.717) is 0 Å². The van der Waals surface area contributed by atoms with Gasteiger partial charge in [-0.15, -0.1) is 22.7 Å². The minimum absolute atomic E-state index is 0.790. The number of nitrogens with zero attached hydrogens (tertiary/aromatic N) is 6. The lowest BCUT2D eigenvalue weighted by Gasteiger charge is -2.47. The van der Waals surface area contributed by atoms with E-state index < -0.39 is 10.8 Å². The lowest BCUT2D eigenvalue weighted by Crippen LogP contribution is -2.38. The molecule has 9 aromatic carbocycles. The standard InChI is InChI=1S/C72H44N6S2/c1-2-24-52-51(23-1)69(77-61-29-9-7-27-57(61)71(45-17-13-33-73-41-45,46-18-14-34-74-42-46)59-37-55-49-21-5-11-31-65(49)79-67(55)39-63(59)77)53-25-3-4-26-54(53)70(52)78-62-30-10-8-28-58(62)72(47-19-15-35-75-43-47,48-20-16-36-76-44-48)60-38-56-50-22-6-12-32-66(50)80-68(56)40-64(60)78/h1-44H. The second kappa shape index (κ2) is 17.3. The van der Waals surface area contributed by atoms with E-state index in [1.165, 1.54) is 51.5 Å². The van der Waals surface area contributed by atoms with Crippen molar-refractivity contribution in [1.82, 2.24) is 19.9 Å². The summed E-state index contributed by atoms with van der Waals surface area (Å²) < 4.78 is 4.97. The van der Waals surface area contributed by atoms with Crippen molar-refractivity contribution in [3.8, 4) is 0 Å². The zero-order valence-corrected chi connectivity index (χ0v) is 44.5. The zero-order chi connectivity index (χ0) is 52.5. The predicted molar refractivity (Wildman–Crippen MR) is 332 cm³/mol. The summed E-state index contributed by atoms with van der Waals surface area (Å²) in [5, 5.41) is 9.49. The van der Waals surface area contributed by atoms with E-state index in [4.69, 9.17) is 19.9 Å². The molecule has 0 saturated heterocycles. The van der Waals surface area contributed by atoms with Gasteiger partial charge < -0.3 is 9.80 Å². The fourth-order valence-electron chi connectivity index (χ4n) is 14.0. The fraction of sp³-hybridized carbons (Fsp3) is 0.0278. The molecular formula is C72H44N6S2. The summed E-state index contributed by atoms with van der Waals surface area (Å²) in [4.78, 5) is 24.6. The number of fused-ring (bicyclic) bond motifs is 12. The number of thiophene rings is 2. The summed E-state index contributed by atoms with van der Waals surface area (Å²) in [5.41, 5.74) is 14.0. The molecule has 8 heteroatoms. The van der Waals surface area contributed by atoms with Crippen molar-refractivity contribution >= 4 is 119 Å². The number of aromatic nitrogens is 4. The Bertz CT molecular complexity index is 4530. The first-order chi connectivity index (χ1) is 39.7. The summed E-state index contributed by atoms with van der Waals surface area (Å²) in [6, 6.07) is 81.0. The summed E-state index contributed by atoms with van der Waals surface area (Å²) in [5.74, 6) is 0. The monoisotopic (exact) mass is 1060 g/mol. The van der Waals surface area contributed by atoms with Gasteiger partial charge in [0.25, 0.3) is 0 Å². The number of hydrogen-bond donors (Lipinski definition) is 0. The smallest absolute Gasteiger partial charge is 0.0772 e. The summed E-state index contributed by atoms with van der Waals surface area (Å²) in [6.07, 6.45) is 15.7. The number of pyridine rings is 4. The summed E-state index contributed by atoms with van der Waals surface area (Å²) in [7, 11) is 0. The molecule has 0 spiro atoms. The van der Waals surface area contributed by atoms with Crippen molar-refractivity contribution < 1.29 is 0 Å². The van der Waals surface area contributed by atoms with Gasteiger partial charge in [-0.3, -0.25) is 19.9 Å². The number of benzene rings is 9. The largest absolute Gasteiger partial charge is 0.309 e. The van der Waals surface area contributed by atoms with Crippen LogP contribution >= 0.6 is 22.7 Å². The van der Waals surface area contributed by atoms with Crippen molar-refractivity contribution in [3.05, 3.63) is 312 Å². The van der Waals surface area contributed by atoms with Crippen LogP contribution in [-0.2, 0) is 10.8 Å². The molecule has 80 heavy (non-hydrogen) atoms. The third-order valence-electron chi connectivity index (χ3n) is 17.1. The Morgan fingerprint density at radius 1 is 0.263 bits per heavy atom. The molecule has 6 nitrogen and oxygen atoms in total. The Kier molecular flexibility index (Phi) is 9.78. The maximum Gasteiger partial charge on any atom is 0.0772 e. The van der Waals surface area contributed by atoms with Crippen molar-refractivity contribution in [2.75, 3.05) is 9.80 Å². The first-order valence-electron chi connectivity index (χ1n) is 27.0. The van der Waals surface area contributed by atoms with Gasteiger partial charge in [0.1, 0.15) is 0 Å². The lowest BCUT2D eigenvalue weighted by atomic mass is 9.62. The third kappa shape index (κ3) is 6.11. The van der Waals surface area contributed by atoms with Gasteiger partial charge in [0, 0.05) is 111 Å². The minimum atomic E-state index is -0.790. The van der Waals surface area contributed by atoms with Crippen LogP contribution in [0.1, 0.15) is 44.5 Å². The van der Waals surface area contributed by atoms with Gasteiger partial charge in [0.15, 0.2) is 0 Å². The van der Waals surface area contributed by atoms with Crippen LogP contribution in [0.5, 0.6) is 0 Å². The predicted octanol–water partition coefficient (Wildman–Crippen LogP) is 18.6. The molecule has 0 unspecified atom stereocenters. The Morgan fingerprint density at radius 2 is 0.588 bits per heavy atom. The van der Waals surface area contributed by atoms with Crippen LogP contribution in [0, 0.1) is 0 Å². The van der Waals surface area contributed by atoms with E-state index in [1.807, 2.05) is 47.5 Å². The molecule has 2 aliphatic rings. The molecule has 0 bridgehead atoms. The van der Waals surface area contributed by atoms with Crippen LogP contribution < -0.4 is 9.80 Å². The molecule has 0 N–H and O–H groups in total. The van der Waals surface area contributed by atoms with Gasteiger partial charge >= 0.3 is 0 Å². The molecule has 0 fully saturated rings. The molecular weight excluding hydrogens is 1010 g/mol. The second-order valence-corrected chi connectivity index (χ2v) is 23.1. The van der Waals surface area contributed by atoms with Gasteiger partial charge in [0.05, 0.1) is 45.0 Å². The maximum absolute atomic E-state index is 4.85. The summed E-state index contributed by atoms with van der Waals surface area (Å²) >= 11 is 3.71. The van der Waals surface area contributed by atoms with E-state index in [1.54, 1.807) is 0 Å².